The van der Waals surface area contributed by atoms with Crippen molar-refractivity contribution in [1.82, 2.24) is 15.1 Å². The Balaban J connectivity index is 1.68. The molecule has 0 saturated heterocycles. The van der Waals surface area contributed by atoms with Crippen LogP contribution in [0.5, 0.6) is 0 Å². The van der Waals surface area contributed by atoms with Gasteiger partial charge in [-0.2, -0.15) is 5.10 Å². The lowest BCUT2D eigenvalue weighted by molar-refractivity contribution is 0.0951. The van der Waals surface area contributed by atoms with Gasteiger partial charge in [0.1, 0.15) is 5.69 Å². The van der Waals surface area contributed by atoms with E-state index in [-0.39, 0.29) is 5.91 Å². The number of halogens is 1. The fraction of sp³-hybridized carbons (Fsp3) is 0.0435. The Labute approximate surface area is 172 Å². The number of nitrogens with zero attached hydrogens (tertiary/aromatic N) is 2. The average Bonchev–Trinajstić information content (AvgIpc) is 3.19. The largest absolute Gasteiger partial charge is 0.348 e. The second kappa shape index (κ2) is 8.23. The molecule has 0 aliphatic heterocycles. The van der Waals surface area contributed by atoms with Crippen LogP contribution in [-0.4, -0.2) is 15.7 Å². The molecule has 0 bridgehead atoms. The molecule has 0 radical (unpaired) electrons. The molecule has 1 heterocycles. The van der Waals surface area contributed by atoms with Crippen molar-refractivity contribution in [1.29, 1.82) is 0 Å². The number of hydrogen-bond acceptors (Lipinski definition) is 2. The Bertz CT molecular complexity index is 1070. The van der Waals surface area contributed by atoms with Crippen molar-refractivity contribution in [3.63, 3.8) is 0 Å². The number of amides is 1. The number of benzene rings is 3. The molecule has 0 atom stereocenters. The Morgan fingerprint density at radius 1 is 0.893 bits per heavy atom. The number of aromatic nitrogens is 2. The maximum atomic E-state index is 13.0. The SMILES string of the molecule is O=C(NCc1ccccc1)c1cn(-c2ccccc2)nc1-c1ccc(Br)cc1. The zero-order valence-corrected chi connectivity index (χ0v) is 16.6. The van der Waals surface area contributed by atoms with Gasteiger partial charge in [-0.1, -0.05) is 76.6 Å². The first kappa shape index (κ1) is 18.2. The monoisotopic (exact) mass is 431 g/mol. The minimum absolute atomic E-state index is 0.149. The third-order valence-corrected chi connectivity index (χ3v) is 4.92. The standard InChI is InChI=1S/C23H18BrN3O/c24-19-13-11-18(12-14-19)22-21(16-27(26-22)20-9-5-2-6-10-20)23(28)25-15-17-7-3-1-4-8-17/h1-14,16H,15H2,(H,25,28). The van der Waals surface area contributed by atoms with Gasteiger partial charge in [-0.25, -0.2) is 4.68 Å². The highest BCUT2D eigenvalue weighted by Crippen LogP contribution is 2.25. The maximum Gasteiger partial charge on any atom is 0.255 e. The second-order valence-electron chi connectivity index (χ2n) is 6.35. The molecule has 0 aliphatic rings. The minimum Gasteiger partial charge on any atom is -0.348 e. The molecule has 5 heteroatoms. The van der Waals surface area contributed by atoms with E-state index in [1.165, 1.54) is 0 Å². The zero-order chi connectivity index (χ0) is 19.3. The van der Waals surface area contributed by atoms with E-state index < -0.39 is 0 Å². The van der Waals surface area contributed by atoms with Crippen LogP contribution < -0.4 is 5.32 Å². The lowest BCUT2D eigenvalue weighted by atomic mass is 10.1. The van der Waals surface area contributed by atoms with Gasteiger partial charge in [0.05, 0.1) is 11.3 Å². The van der Waals surface area contributed by atoms with Gasteiger partial charge in [-0.05, 0) is 29.8 Å². The van der Waals surface area contributed by atoms with Crippen LogP contribution in [0.1, 0.15) is 15.9 Å². The summed E-state index contributed by atoms with van der Waals surface area (Å²) in [6.45, 7) is 0.468. The Morgan fingerprint density at radius 2 is 1.54 bits per heavy atom. The molecule has 0 aliphatic carbocycles. The third-order valence-electron chi connectivity index (χ3n) is 4.39. The summed E-state index contributed by atoms with van der Waals surface area (Å²) in [6.07, 6.45) is 1.78. The molecule has 4 rings (SSSR count). The van der Waals surface area contributed by atoms with Crippen molar-refractivity contribution in [3.8, 4) is 16.9 Å². The van der Waals surface area contributed by atoms with Crippen molar-refractivity contribution in [2.45, 2.75) is 6.54 Å². The van der Waals surface area contributed by atoms with Gasteiger partial charge in [0, 0.05) is 22.8 Å². The summed E-state index contributed by atoms with van der Waals surface area (Å²) in [5, 5.41) is 7.70. The highest BCUT2D eigenvalue weighted by atomic mass is 79.9. The van der Waals surface area contributed by atoms with Crippen molar-refractivity contribution in [2.75, 3.05) is 0 Å². The summed E-state index contributed by atoms with van der Waals surface area (Å²) >= 11 is 3.45. The first-order valence-corrected chi connectivity index (χ1v) is 9.73. The Kier molecular flexibility index (Phi) is 5.35. The van der Waals surface area contributed by atoms with E-state index in [1.807, 2.05) is 84.9 Å². The summed E-state index contributed by atoms with van der Waals surface area (Å²) in [4.78, 5) is 13.0. The zero-order valence-electron chi connectivity index (χ0n) is 15.0. The van der Waals surface area contributed by atoms with E-state index in [9.17, 15) is 4.79 Å². The molecule has 28 heavy (non-hydrogen) atoms. The van der Waals surface area contributed by atoms with Crippen molar-refractivity contribution in [2.24, 2.45) is 0 Å². The molecule has 4 nitrogen and oxygen atoms in total. The normalized spacial score (nSPS) is 10.6. The van der Waals surface area contributed by atoms with Gasteiger partial charge < -0.3 is 5.32 Å². The first-order valence-electron chi connectivity index (χ1n) is 8.94. The van der Waals surface area contributed by atoms with Crippen LogP contribution in [0.15, 0.2) is 95.6 Å². The molecule has 0 spiro atoms. The quantitative estimate of drug-likeness (QED) is 0.470. The van der Waals surface area contributed by atoms with E-state index in [1.54, 1.807) is 10.9 Å². The molecular weight excluding hydrogens is 414 g/mol. The summed E-state index contributed by atoms with van der Waals surface area (Å²) in [7, 11) is 0. The van der Waals surface area contributed by atoms with E-state index in [2.05, 4.69) is 21.2 Å². The Morgan fingerprint density at radius 3 is 2.21 bits per heavy atom. The molecule has 0 unspecified atom stereocenters. The number of carbonyl (C=O) groups excluding carboxylic acids is 1. The van der Waals surface area contributed by atoms with Gasteiger partial charge in [-0.3, -0.25) is 4.79 Å². The summed E-state index contributed by atoms with van der Waals surface area (Å²) in [5.74, 6) is -0.149. The van der Waals surface area contributed by atoms with Gasteiger partial charge in [0.2, 0.25) is 0 Å². The number of hydrogen-bond donors (Lipinski definition) is 1. The third kappa shape index (κ3) is 4.05. The van der Waals surface area contributed by atoms with Gasteiger partial charge in [0.15, 0.2) is 0 Å². The fourth-order valence-electron chi connectivity index (χ4n) is 2.95. The summed E-state index contributed by atoms with van der Waals surface area (Å²) in [5.41, 5.74) is 4.05. The van der Waals surface area contributed by atoms with Gasteiger partial charge in [-0.15, -0.1) is 0 Å². The summed E-state index contributed by atoms with van der Waals surface area (Å²) in [6, 6.07) is 27.4. The van der Waals surface area contributed by atoms with Crippen molar-refractivity contribution >= 4 is 21.8 Å². The topological polar surface area (TPSA) is 46.9 Å². The Hall–Kier alpha value is -3.18. The minimum atomic E-state index is -0.149. The number of carbonyl (C=O) groups is 1. The van der Waals surface area contributed by atoms with E-state index in [4.69, 9.17) is 5.10 Å². The van der Waals surface area contributed by atoms with Crippen molar-refractivity contribution in [3.05, 3.63) is 107 Å². The van der Waals surface area contributed by atoms with Crippen LogP contribution in [0.3, 0.4) is 0 Å². The maximum absolute atomic E-state index is 13.0. The predicted molar refractivity (Wildman–Crippen MR) is 114 cm³/mol. The summed E-state index contributed by atoms with van der Waals surface area (Å²) < 4.78 is 2.73. The fourth-order valence-corrected chi connectivity index (χ4v) is 3.21. The van der Waals surface area contributed by atoms with Gasteiger partial charge in [0.25, 0.3) is 5.91 Å². The van der Waals surface area contributed by atoms with Crippen LogP contribution in [0.4, 0.5) is 0 Å². The van der Waals surface area contributed by atoms with Crippen LogP contribution >= 0.6 is 15.9 Å². The van der Waals surface area contributed by atoms with E-state index in [0.29, 0.717) is 17.8 Å². The molecule has 138 valence electrons. The molecule has 0 saturated carbocycles. The van der Waals surface area contributed by atoms with Crippen LogP contribution in [0.2, 0.25) is 0 Å². The predicted octanol–water partition coefficient (Wildman–Crippen LogP) is 5.23. The molecule has 1 amide bonds. The molecule has 1 aromatic heterocycles. The highest BCUT2D eigenvalue weighted by molar-refractivity contribution is 9.10. The smallest absolute Gasteiger partial charge is 0.255 e. The van der Waals surface area contributed by atoms with Crippen molar-refractivity contribution < 1.29 is 4.79 Å². The van der Waals surface area contributed by atoms with Gasteiger partial charge >= 0.3 is 0 Å². The molecular formula is C23H18BrN3O. The second-order valence-corrected chi connectivity index (χ2v) is 7.26. The molecule has 0 fully saturated rings. The van der Waals surface area contributed by atoms with Crippen LogP contribution in [-0.2, 0) is 6.54 Å². The van der Waals surface area contributed by atoms with E-state index in [0.717, 1.165) is 21.3 Å². The van der Waals surface area contributed by atoms with Crippen LogP contribution in [0.25, 0.3) is 16.9 Å². The lowest BCUT2D eigenvalue weighted by Crippen LogP contribution is -2.23. The van der Waals surface area contributed by atoms with Crippen LogP contribution in [0, 0.1) is 0 Å². The molecule has 3 aromatic carbocycles. The molecule has 4 aromatic rings. The highest BCUT2D eigenvalue weighted by Gasteiger charge is 2.18. The number of nitrogens with one attached hydrogen (secondary N) is 1. The first-order chi connectivity index (χ1) is 13.7. The number of para-hydroxylation sites is 1. The molecule has 1 N–H and O–H groups in total. The number of rotatable bonds is 5. The lowest BCUT2D eigenvalue weighted by Gasteiger charge is -2.06. The van der Waals surface area contributed by atoms with E-state index >= 15 is 0 Å². The average molecular weight is 432 g/mol.